The maximum atomic E-state index is 14.2. The molecule has 0 atom stereocenters. The fourth-order valence-corrected chi connectivity index (χ4v) is 5.53. The first-order valence-electron chi connectivity index (χ1n) is 14.5. The van der Waals surface area contributed by atoms with E-state index in [1.165, 1.54) is 19.1 Å². The first-order valence-corrected chi connectivity index (χ1v) is 14.5. The van der Waals surface area contributed by atoms with Crippen molar-refractivity contribution in [2.75, 3.05) is 23.3 Å². The quantitative estimate of drug-likeness (QED) is 0.146. The molecule has 1 aliphatic heterocycles. The predicted molar refractivity (Wildman–Crippen MR) is 163 cm³/mol. The van der Waals surface area contributed by atoms with Crippen molar-refractivity contribution in [3.8, 4) is 5.75 Å². The van der Waals surface area contributed by atoms with E-state index in [1.807, 2.05) is 24.3 Å². The summed E-state index contributed by atoms with van der Waals surface area (Å²) in [5, 5.41) is 11.4. The Balaban J connectivity index is 1.14. The van der Waals surface area contributed by atoms with Crippen molar-refractivity contribution in [3.05, 3.63) is 89.1 Å². The molecule has 7 nitrogen and oxygen atoms in total. The van der Waals surface area contributed by atoms with Gasteiger partial charge >= 0.3 is 0 Å². The monoisotopic (exact) mass is 586 g/mol. The number of nitrogens with zero attached hydrogens (tertiary/aromatic N) is 4. The van der Waals surface area contributed by atoms with Gasteiger partial charge in [-0.25, -0.2) is 23.1 Å². The maximum Gasteiger partial charge on any atom is 0.273 e. The number of alkyl halides is 2. The number of nitrogens with one attached hydrogen (secondary N) is 2. The summed E-state index contributed by atoms with van der Waals surface area (Å²) in [6.07, 6.45) is 3.12. The summed E-state index contributed by atoms with van der Waals surface area (Å²) in [6, 6.07) is 15.8. The molecule has 2 aromatic carbocycles. The molecule has 1 saturated heterocycles. The Bertz CT molecular complexity index is 1750. The molecule has 43 heavy (non-hydrogen) atoms. The third-order valence-corrected chi connectivity index (χ3v) is 7.95. The number of imidazole rings is 1. The summed E-state index contributed by atoms with van der Waals surface area (Å²) in [5.41, 5.74) is 6.83. The highest BCUT2D eigenvalue weighted by Gasteiger charge is 2.29. The van der Waals surface area contributed by atoms with Gasteiger partial charge in [0.2, 0.25) is 5.95 Å². The molecule has 0 amide bonds. The Kier molecular flexibility index (Phi) is 7.71. The zero-order valence-corrected chi connectivity index (χ0v) is 24.1. The van der Waals surface area contributed by atoms with Gasteiger partial charge in [-0.15, -0.1) is 0 Å². The van der Waals surface area contributed by atoms with Gasteiger partial charge in [0.15, 0.2) is 0 Å². The summed E-state index contributed by atoms with van der Waals surface area (Å²) in [6.45, 7) is 5.14. The number of benzene rings is 2. The SMILES string of the molecule is CCC(F)(F)c1cccc(Nc2ncc(OC3CCN(c4nc5ccccc5n4CC4=C=C(F)C4)CC3)cc2C(C)=N)c1. The summed E-state index contributed by atoms with van der Waals surface area (Å²) in [7, 11) is 0. The van der Waals surface area contributed by atoms with Crippen LogP contribution < -0.4 is 15.0 Å². The van der Waals surface area contributed by atoms with Gasteiger partial charge in [-0.2, -0.15) is 0 Å². The van der Waals surface area contributed by atoms with Crippen LogP contribution in [0.3, 0.4) is 0 Å². The van der Waals surface area contributed by atoms with Gasteiger partial charge in [-0.05, 0) is 37.3 Å². The molecule has 0 unspecified atom stereocenters. The van der Waals surface area contributed by atoms with Crippen LogP contribution in [0.15, 0.2) is 77.9 Å². The van der Waals surface area contributed by atoms with E-state index in [2.05, 4.69) is 25.5 Å². The van der Waals surface area contributed by atoms with Gasteiger partial charge in [0.05, 0.1) is 23.8 Å². The smallest absolute Gasteiger partial charge is 0.273 e. The first-order chi connectivity index (χ1) is 20.7. The van der Waals surface area contributed by atoms with E-state index >= 15 is 0 Å². The van der Waals surface area contributed by atoms with Gasteiger partial charge < -0.3 is 24.9 Å². The number of ether oxygens (including phenoxy) is 1. The van der Waals surface area contributed by atoms with Crippen LogP contribution in [0.5, 0.6) is 5.75 Å². The molecule has 222 valence electrons. The number of halogens is 3. The number of pyridine rings is 1. The number of anilines is 3. The minimum atomic E-state index is -2.92. The molecule has 10 heteroatoms. The van der Waals surface area contributed by atoms with E-state index < -0.39 is 5.92 Å². The van der Waals surface area contributed by atoms with Gasteiger partial charge in [0, 0.05) is 66.9 Å². The Labute approximate surface area is 248 Å². The average Bonchev–Trinajstić information content (AvgIpc) is 3.36. The summed E-state index contributed by atoms with van der Waals surface area (Å²) < 4.78 is 50.3. The van der Waals surface area contributed by atoms with Gasteiger partial charge in [0.25, 0.3) is 5.92 Å². The van der Waals surface area contributed by atoms with Crippen LogP contribution in [0.25, 0.3) is 11.0 Å². The van der Waals surface area contributed by atoms with Crippen molar-refractivity contribution >= 4 is 34.2 Å². The molecule has 4 aromatic rings. The first kappa shape index (κ1) is 28.6. The second kappa shape index (κ2) is 11.6. The summed E-state index contributed by atoms with van der Waals surface area (Å²) in [5.74, 6) is -1.31. The summed E-state index contributed by atoms with van der Waals surface area (Å²) >= 11 is 0. The Morgan fingerprint density at radius 1 is 1.14 bits per heavy atom. The van der Waals surface area contributed by atoms with E-state index in [-0.39, 0.29) is 29.6 Å². The molecule has 3 heterocycles. The number of fused-ring (bicyclic) bond motifs is 1. The highest BCUT2D eigenvalue weighted by Crippen LogP contribution is 2.34. The topological polar surface area (TPSA) is 79.1 Å². The van der Waals surface area contributed by atoms with Crippen molar-refractivity contribution in [1.82, 2.24) is 14.5 Å². The lowest BCUT2D eigenvalue weighted by molar-refractivity contribution is -0.00823. The number of rotatable bonds is 10. The van der Waals surface area contributed by atoms with Crippen molar-refractivity contribution < 1.29 is 17.9 Å². The van der Waals surface area contributed by atoms with Crippen molar-refractivity contribution in [1.29, 1.82) is 5.41 Å². The standard InChI is InChI=1S/C33H33F3N6O/c1-3-33(35,36)23-7-6-8-25(17-23)39-31-28(21(2)37)18-27(19-38-31)43-26-11-13-41(14-12-26)32-40-29-9-4-5-10-30(29)42(32)20-22-15-24(34)16-22/h4-10,17-19,26,37H,3,11-15,20H2,1-2H3,(H,38,39). The molecule has 6 rings (SSSR count). The third-order valence-electron chi connectivity index (χ3n) is 7.95. The number of hydrogen-bond donors (Lipinski definition) is 2. The fraction of sp³-hybridized carbons (Fsp3) is 0.333. The van der Waals surface area contributed by atoms with E-state index in [0.717, 1.165) is 48.5 Å². The van der Waals surface area contributed by atoms with Crippen molar-refractivity contribution in [2.45, 2.75) is 58.1 Å². The van der Waals surface area contributed by atoms with Crippen LogP contribution >= 0.6 is 0 Å². The molecule has 1 aliphatic carbocycles. The molecule has 2 aromatic heterocycles. The van der Waals surface area contributed by atoms with Gasteiger partial charge in [0.1, 0.15) is 23.5 Å². The number of allylic oxidation sites excluding steroid dienone is 1. The molecular formula is C33H33F3N6O. The van der Waals surface area contributed by atoms with Crippen LogP contribution in [0.4, 0.5) is 30.6 Å². The van der Waals surface area contributed by atoms with Crippen LogP contribution in [-0.4, -0.2) is 39.4 Å². The number of piperidine rings is 1. The second-order valence-corrected chi connectivity index (χ2v) is 11.1. The minimum absolute atomic E-state index is 0.0482. The lowest BCUT2D eigenvalue weighted by Crippen LogP contribution is -2.39. The largest absolute Gasteiger partial charge is 0.489 e. The van der Waals surface area contributed by atoms with Gasteiger partial charge in [-0.3, -0.25) is 0 Å². The van der Waals surface area contributed by atoms with Crippen molar-refractivity contribution in [3.63, 3.8) is 0 Å². The summed E-state index contributed by atoms with van der Waals surface area (Å²) in [4.78, 5) is 11.6. The molecule has 0 spiro atoms. The minimum Gasteiger partial charge on any atom is -0.489 e. The number of para-hydroxylation sites is 2. The van der Waals surface area contributed by atoms with E-state index in [1.54, 1.807) is 31.3 Å². The van der Waals surface area contributed by atoms with E-state index in [9.17, 15) is 13.2 Å². The van der Waals surface area contributed by atoms with Crippen LogP contribution in [0.2, 0.25) is 0 Å². The zero-order valence-electron chi connectivity index (χ0n) is 24.1. The molecule has 2 N–H and O–H groups in total. The lowest BCUT2D eigenvalue weighted by atomic mass is 10.1. The van der Waals surface area contributed by atoms with E-state index in [4.69, 9.17) is 15.1 Å². The lowest BCUT2D eigenvalue weighted by Gasteiger charge is -2.33. The average molecular weight is 587 g/mol. The Hall–Kier alpha value is -4.56. The molecule has 0 saturated carbocycles. The molecule has 0 bridgehead atoms. The van der Waals surface area contributed by atoms with Gasteiger partial charge in [-0.1, -0.05) is 36.9 Å². The van der Waals surface area contributed by atoms with Crippen LogP contribution in [-0.2, 0) is 12.5 Å². The molecule has 0 radical (unpaired) electrons. The predicted octanol–water partition coefficient (Wildman–Crippen LogP) is 7.89. The fourth-order valence-electron chi connectivity index (χ4n) is 5.53. The number of hydrogen-bond acceptors (Lipinski definition) is 6. The van der Waals surface area contributed by atoms with E-state index in [0.29, 0.717) is 35.8 Å². The van der Waals surface area contributed by atoms with Crippen LogP contribution in [0, 0.1) is 5.41 Å². The highest BCUT2D eigenvalue weighted by atomic mass is 19.3. The van der Waals surface area contributed by atoms with Crippen molar-refractivity contribution in [2.24, 2.45) is 0 Å². The molecule has 2 aliphatic rings. The third kappa shape index (κ3) is 6.01. The molecule has 1 fully saturated rings. The van der Waals surface area contributed by atoms with Crippen LogP contribution in [0.1, 0.15) is 50.7 Å². The maximum absolute atomic E-state index is 14.2. The second-order valence-electron chi connectivity index (χ2n) is 11.1. The Morgan fingerprint density at radius 2 is 1.91 bits per heavy atom. The normalized spacial score (nSPS) is 15.6. The highest BCUT2D eigenvalue weighted by molar-refractivity contribution is 6.01. The number of aromatic nitrogens is 3. The Morgan fingerprint density at radius 3 is 2.63 bits per heavy atom. The zero-order chi connectivity index (χ0) is 30.1. The molecular weight excluding hydrogens is 553 g/mol.